The number of carbonyl (C=O) groups is 1. The van der Waals surface area contributed by atoms with Gasteiger partial charge in [0.25, 0.3) is 5.91 Å². The highest BCUT2D eigenvalue weighted by Gasteiger charge is 2.14. The highest BCUT2D eigenvalue weighted by Crippen LogP contribution is 2.20. The SMILES string of the molecule is Cc1cc(C(=O)NCc2ccccc2Cl)nc(N(C)c2ccccc2)n1. The minimum atomic E-state index is -0.266. The molecule has 0 spiro atoms. The van der Waals surface area contributed by atoms with E-state index in [4.69, 9.17) is 11.6 Å². The van der Waals surface area contributed by atoms with Crippen molar-refractivity contribution in [2.45, 2.75) is 13.5 Å². The maximum Gasteiger partial charge on any atom is 0.270 e. The maximum atomic E-state index is 12.5. The van der Waals surface area contributed by atoms with Crippen LogP contribution in [0.5, 0.6) is 0 Å². The monoisotopic (exact) mass is 366 g/mol. The first-order valence-corrected chi connectivity index (χ1v) is 8.58. The van der Waals surface area contributed by atoms with Gasteiger partial charge in [0.15, 0.2) is 0 Å². The molecule has 0 aliphatic heterocycles. The summed E-state index contributed by atoms with van der Waals surface area (Å²) in [5.41, 5.74) is 2.85. The van der Waals surface area contributed by atoms with Crippen molar-refractivity contribution in [1.29, 1.82) is 0 Å². The van der Waals surface area contributed by atoms with Crippen molar-refractivity contribution in [3.8, 4) is 0 Å². The van der Waals surface area contributed by atoms with Crippen LogP contribution in [-0.4, -0.2) is 22.9 Å². The van der Waals surface area contributed by atoms with Crippen molar-refractivity contribution in [3.63, 3.8) is 0 Å². The van der Waals surface area contributed by atoms with Crippen LogP contribution >= 0.6 is 11.6 Å². The number of hydrogen-bond donors (Lipinski definition) is 1. The quantitative estimate of drug-likeness (QED) is 0.737. The van der Waals surface area contributed by atoms with Gasteiger partial charge in [-0.3, -0.25) is 4.79 Å². The summed E-state index contributed by atoms with van der Waals surface area (Å²) in [6.45, 7) is 2.18. The number of halogens is 1. The molecule has 1 N–H and O–H groups in total. The smallest absolute Gasteiger partial charge is 0.270 e. The molecule has 6 heteroatoms. The fourth-order valence-corrected chi connectivity index (χ4v) is 2.70. The van der Waals surface area contributed by atoms with Crippen LogP contribution in [0.2, 0.25) is 5.02 Å². The third kappa shape index (κ3) is 4.18. The summed E-state index contributed by atoms with van der Waals surface area (Å²) in [5, 5.41) is 3.48. The topological polar surface area (TPSA) is 58.1 Å². The van der Waals surface area contributed by atoms with E-state index in [2.05, 4.69) is 15.3 Å². The molecule has 0 saturated heterocycles. The van der Waals surface area contributed by atoms with Gasteiger partial charge in [-0.25, -0.2) is 9.97 Å². The van der Waals surface area contributed by atoms with E-state index in [0.29, 0.717) is 23.2 Å². The third-order valence-electron chi connectivity index (χ3n) is 3.92. The van der Waals surface area contributed by atoms with E-state index in [-0.39, 0.29) is 5.91 Å². The van der Waals surface area contributed by atoms with Crippen LogP contribution in [0.1, 0.15) is 21.7 Å². The molecule has 0 radical (unpaired) electrons. The fraction of sp³-hybridized carbons (Fsp3) is 0.150. The van der Waals surface area contributed by atoms with Gasteiger partial charge >= 0.3 is 0 Å². The number of benzene rings is 2. The number of amides is 1. The van der Waals surface area contributed by atoms with Crippen molar-refractivity contribution in [2.75, 3.05) is 11.9 Å². The summed E-state index contributed by atoms with van der Waals surface area (Å²) < 4.78 is 0. The fourth-order valence-electron chi connectivity index (χ4n) is 2.49. The Hall–Kier alpha value is -2.92. The number of anilines is 2. The first-order valence-electron chi connectivity index (χ1n) is 8.20. The molecule has 5 nitrogen and oxygen atoms in total. The number of rotatable bonds is 5. The number of para-hydroxylation sites is 1. The molecular weight excluding hydrogens is 348 g/mol. The Morgan fingerprint density at radius 3 is 2.50 bits per heavy atom. The first-order chi connectivity index (χ1) is 12.5. The van der Waals surface area contributed by atoms with E-state index in [1.165, 1.54) is 0 Å². The second kappa shape index (κ2) is 7.97. The van der Waals surface area contributed by atoms with E-state index in [0.717, 1.165) is 16.9 Å². The third-order valence-corrected chi connectivity index (χ3v) is 4.28. The Bertz CT molecular complexity index is 915. The standard InChI is InChI=1S/C20H19ClN4O/c1-14-12-18(19(26)22-13-15-8-6-7-11-17(15)21)24-20(23-14)25(2)16-9-4-3-5-10-16/h3-12H,13H2,1-2H3,(H,22,26). The van der Waals surface area contributed by atoms with Gasteiger partial charge in [0, 0.05) is 30.0 Å². The second-order valence-electron chi connectivity index (χ2n) is 5.86. The Balaban J connectivity index is 1.79. The lowest BCUT2D eigenvalue weighted by Crippen LogP contribution is -2.25. The van der Waals surface area contributed by atoms with Crippen LogP contribution in [0.25, 0.3) is 0 Å². The molecule has 0 aliphatic carbocycles. The molecule has 0 aliphatic rings. The van der Waals surface area contributed by atoms with Gasteiger partial charge in [-0.15, -0.1) is 0 Å². The van der Waals surface area contributed by atoms with E-state index < -0.39 is 0 Å². The molecular formula is C20H19ClN4O. The molecule has 0 fully saturated rings. The van der Waals surface area contributed by atoms with Crippen LogP contribution in [0, 0.1) is 6.92 Å². The van der Waals surface area contributed by atoms with Crippen LogP contribution in [0.3, 0.4) is 0 Å². The molecule has 1 aromatic heterocycles. The normalized spacial score (nSPS) is 10.4. The number of aryl methyl sites for hydroxylation is 1. The summed E-state index contributed by atoms with van der Waals surface area (Å²) in [6.07, 6.45) is 0. The second-order valence-corrected chi connectivity index (χ2v) is 6.27. The first kappa shape index (κ1) is 17.9. The molecule has 1 heterocycles. The van der Waals surface area contributed by atoms with Gasteiger partial charge in [0.05, 0.1) is 0 Å². The lowest BCUT2D eigenvalue weighted by Gasteiger charge is -2.18. The van der Waals surface area contributed by atoms with E-state index in [1.807, 2.05) is 67.4 Å². The molecule has 0 unspecified atom stereocenters. The number of aromatic nitrogens is 2. The predicted molar refractivity (Wildman–Crippen MR) is 104 cm³/mol. The number of nitrogens with zero attached hydrogens (tertiary/aromatic N) is 3. The zero-order valence-electron chi connectivity index (χ0n) is 14.6. The predicted octanol–water partition coefficient (Wildman–Crippen LogP) is 4.14. The molecule has 26 heavy (non-hydrogen) atoms. The Kier molecular flexibility index (Phi) is 5.49. The molecule has 132 valence electrons. The van der Waals surface area contributed by atoms with Gasteiger partial charge in [-0.2, -0.15) is 0 Å². The maximum absolute atomic E-state index is 12.5. The highest BCUT2D eigenvalue weighted by atomic mass is 35.5. The summed E-state index contributed by atoms with van der Waals surface area (Å²) in [5.74, 6) is 0.206. The number of hydrogen-bond acceptors (Lipinski definition) is 4. The Morgan fingerprint density at radius 2 is 1.77 bits per heavy atom. The lowest BCUT2D eigenvalue weighted by atomic mass is 10.2. The summed E-state index contributed by atoms with van der Waals surface area (Å²) >= 11 is 6.13. The van der Waals surface area contributed by atoms with Gasteiger partial charge < -0.3 is 10.2 Å². The van der Waals surface area contributed by atoms with Gasteiger partial charge in [-0.05, 0) is 36.8 Å². The van der Waals surface area contributed by atoms with E-state index in [9.17, 15) is 4.79 Å². The van der Waals surface area contributed by atoms with Crippen LogP contribution in [0.15, 0.2) is 60.7 Å². The molecule has 0 bridgehead atoms. The van der Waals surface area contributed by atoms with Crippen LogP contribution in [-0.2, 0) is 6.54 Å². The average Bonchev–Trinajstić information content (AvgIpc) is 2.66. The molecule has 1 amide bonds. The van der Waals surface area contributed by atoms with Crippen LogP contribution in [0.4, 0.5) is 11.6 Å². The number of carbonyl (C=O) groups excluding carboxylic acids is 1. The summed E-state index contributed by atoms with van der Waals surface area (Å²) in [7, 11) is 1.87. The van der Waals surface area contributed by atoms with Crippen molar-refractivity contribution < 1.29 is 4.79 Å². The Labute approximate surface area is 157 Å². The zero-order valence-corrected chi connectivity index (χ0v) is 15.4. The van der Waals surface area contributed by atoms with Crippen molar-refractivity contribution in [2.24, 2.45) is 0 Å². The molecule has 3 aromatic rings. The van der Waals surface area contributed by atoms with Crippen LogP contribution < -0.4 is 10.2 Å². The minimum absolute atomic E-state index is 0.266. The van der Waals surface area contributed by atoms with Gasteiger partial charge in [0.1, 0.15) is 5.69 Å². The molecule has 0 atom stereocenters. The summed E-state index contributed by atoms with van der Waals surface area (Å²) in [6, 6.07) is 18.8. The van der Waals surface area contributed by atoms with E-state index in [1.54, 1.807) is 12.1 Å². The van der Waals surface area contributed by atoms with Crippen molar-refractivity contribution in [1.82, 2.24) is 15.3 Å². The van der Waals surface area contributed by atoms with Crippen molar-refractivity contribution >= 4 is 29.1 Å². The zero-order chi connectivity index (χ0) is 18.5. The average molecular weight is 367 g/mol. The molecule has 2 aromatic carbocycles. The largest absolute Gasteiger partial charge is 0.347 e. The van der Waals surface area contributed by atoms with Gasteiger partial charge in [-0.1, -0.05) is 48.0 Å². The minimum Gasteiger partial charge on any atom is -0.347 e. The Morgan fingerprint density at radius 1 is 1.08 bits per heavy atom. The molecule has 3 rings (SSSR count). The highest BCUT2D eigenvalue weighted by molar-refractivity contribution is 6.31. The van der Waals surface area contributed by atoms with Crippen molar-refractivity contribution in [3.05, 3.63) is 82.6 Å². The lowest BCUT2D eigenvalue weighted by molar-refractivity contribution is 0.0945. The molecule has 0 saturated carbocycles. The van der Waals surface area contributed by atoms with Gasteiger partial charge in [0.2, 0.25) is 5.95 Å². The van der Waals surface area contributed by atoms with E-state index >= 15 is 0 Å². The summed E-state index contributed by atoms with van der Waals surface area (Å²) in [4.78, 5) is 23.2. The number of nitrogens with one attached hydrogen (secondary N) is 1.